The maximum absolute atomic E-state index is 10.3. The summed E-state index contributed by atoms with van der Waals surface area (Å²) < 4.78 is 5.99. The molecule has 0 aromatic heterocycles. The molecule has 2 nitrogen and oxygen atoms in total. The Morgan fingerprint density at radius 3 is 2.52 bits per heavy atom. The Balaban J connectivity index is 1.97. The summed E-state index contributed by atoms with van der Waals surface area (Å²) in [6, 6.07) is 6.22. The van der Waals surface area contributed by atoms with Gasteiger partial charge in [-0.3, -0.25) is 0 Å². The van der Waals surface area contributed by atoms with Crippen LogP contribution in [0.15, 0.2) is 30.4 Å². The summed E-state index contributed by atoms with van der Waals surface area (Å²) in [6.45, 7) is 6.84. The fourth-order valence-electron chi connectivity index (χ4n) is 3.44. The second-order valence-electron chi connectivity index (χ2n) is 6.78. The lowest BCUT2D eigenvalue weighted by Crippen LogP contribution is -2.27. The van der Waals surface area contributed by atoms with E-state index in [0.717, 1.165) is 25.0 Å². The number of unbranched alkanes of at least 4 members (excludes halogenated alkanes) is 1. The second kappa shape index (κ2) is 8.75. The van der Waals surface area contributed by atoms with E-state index in [-0.39, 0.29) is 23.3 Å². The first-order valence-corrected chi connectivity index (χ1v) is 9.13. The molecule has 4 atom stereocenters. The molecule has 23 heavy (non-hydrogen) atoms. The van der Waals surface area contributed by atoms with Crippen molar-refractivity contribution in [2.75, 3.05) is 6.61 Å². The van der Waals surface area contributed by atoms with E-state index >= 15 is 0 Å². The molecule has 2 rings (SSSR count). The minimum absolute atomic E-state index is 0.0316. The monoisotopic (exact) mass is 336 g/mol. The summed E-state index contributed by atoms with van der Waals surface area (Å²) in [5, 5.41) is 10.4. The van der Waals surface area contributed by atoms with E-state index in [2.05, 4.69) is 39.0 Å². The van der Waals surface area contributed by atoms with E-state index in [4.69, 9.17) is 16.3 Å². The zero-order valence-electron chi connectivity index (χ0n) is 14.5. The van der Waals surface area contributed by atoms with Crippen molar-refractivity contribution in [2.24, 2.45) is 11.8 Å². The summed E-state index contributed by atoms with van der Waals surface area (Å²) >= 11 is 6.46. The molecule has 0 aliphatic heterocycles. The molecule has 1 aromatic carbocycles. The SMILES string of the molecule is CCC/C=C\C[C@@H]1[C@@H](COc2cc(C)cc(C)c2)[C@H](O)C[C@H]1Cl. The smallest absolute Gasteiger partial charge is 0.119 e. The van der Waals surface area contributed by atoms with Gasteiger partial charge >= 0.3 is 0 Å². The first-order chi connectivity index (χ1) is 11.0. The van der Waals surface area contributed by atoms with E-state index in [1.807, 2.05) is 12.1 Å². The topological polar surface area (TPSA) is 29.5 Å². The Labute approximate surface area is 145 Å². The predicted octanol–water partition coefficient (Wildman–Crippen LogP) is 5.03. The van der Waals surface area contributed by atoms with Crippen molar-refractivity contribution in [3.8, 4) is 5.75 Å². The number of allylic oxidation sites excluding steroid dienone is 2. The summed E-state index contributed by atoms with van der Waals surface area (Å²) in [6.07, 6.45) is 7.91. The molecule has 1 fully saturated rings. The van der Waals surface area contributed by atoms with Crippen LogP contribution >= 0.6 is 11.6 Å². The highest BCUT2D eigenvalue weighted by atomic mass is 35.5. The summed E-state index contributed by atoms with van der Waals surface area (Å²) in [5.74, 6) is 1.27. The average Bonchev–Trinajstić information content (AvgIpc) is 2.74. The lowest BCUT2D eigenvalue weighted by Gasteiger charge is -2.23. The standard InChI is InChI=1S/C20H29ClO2/c1-4-5-6-7-8-17-18(20(22)12-19(17)21)13-23-16-10-14(2)9-15(3)11-16/h6-7,9-11,17-20,22H,4-5,8,12-13H2,1-3H3/b7-6-/t17-,18-,19-,20-/m1/s1. The molecule has 0 spiro atoms. The first-order valence-electron chi connectivity index (χ1n) is 8.69. The normalized spacial score (nSPS) is 27.7. The van der Waals surface area contributed by atoms with Gasteiger partial charge in [0.25, 0.3) is 0 Å². The van der Waals surface area contributed by atoms with Crippen LogP contribution in [0, 0.1) is 25.7 Å². The van der Waals surface area contributed by atoms with Gasteiger partial charge < -0.3 is 9.84 Å². The number of hydrogen-bond acceptors (Lipinski definition) is 2. The molecule has 0 heterocycles. The van der Waals surface area contributed by atoms with Crippen LogP contribution in [-0.2, 0) is 0 Å². The molecule has 0 amide bonds. The van der Waals surface area contributed by atoms with Gasteiger partial charge in [-0.05, 0) is 62.3 Å². The Kier molecular flexibility index (Phi) is 6.98. The average molecular weight is 337 g/mol. The van der Waals surface area contributed by atoms with Gasteiger partial charge in [0.15, 0.2) is 0 Å². The van der Waals surface area contributed by atoms with Crippen molar-refractivity contribution in [1.82, 2.24) is 0 Å². The third-order valence-corrected chi connectivity index (χ3v) is 5.15. The molecule has 1 aliphatic carbocycles. The molecule has 0 unspecified atom stereocenters. The third kappa shape index (κ3) is 5.26. The van der Waals surface area contributed by atoms with Gasteiger partial charge in [0.05, 0.1) is 12.7 Å². The van der Waals surface area contributed by atoms with E-state index in [1.54, 1.807) is 0 Å². The number of aryl methyl sites for hydroxylation is 2. The van der Waals surface area contributed by atoms with Crippen molar-refractivity contribution >= 4 is 11.6 Å². The van der Waals surface area contributed by atoms with Crippen LogP contribution in [0.4, 0.5) is 0 Å². The molecule has 0 bridgehead atoms. The molecule has 1 aliphatic rings. The van der Waals surface area contributed by atoms with Gasteiger partial charge in [0.2, 0.25) is 0 Å². The first kappa shape index (κ1) is 18.4. The quantitative estimate of drug-likeness (QED) is 0.558. The van der Waals surface area contributed by atoms with Gasteiger partial charge in [-0.1, -0.05) is 31.6 Å². The third-order valence-electron chi connectivity index (χ3n) is 4.64. The van der Waals surface area contributed by atoms with Crippen LogP contribution in [0.2, 0.25) is 0 Å². The van der Waals surface area contributed by atoms with Gasteiger partial charge in [-0.15, -0.1) is 11.6 Å². The largest absolute Gasteiger partial charge is 0.493 e. The molecule has 1 N–H and O–H groups in total. The number of rotatable bonds is 7. The zero-order chi connectivity index (χ0) is 16.8. The minimum Gasteiger partial charge on any atom is -0.493 e. The molecule has 1 saturated carbocycles. The van der Waals surface area contributed by atoms with Crippen LogP contribution < -0.4 is 4.74 Å². The molecule has 128 valence electrons. The Morgan fingerprint density at radius 2 is 1.87 bits per heavy atom. The number of alkyl halides is 1. The van der Waals surface area contributed by atoms with Crippen molar-refractivity contribution in [3.05, 3.63) is 41.5 Å². The van der Waals surface area contributed by atoms with E-state index in [1.165, 1.54) is 11.1 Å². The predicted molar refractivity (Wildman–Crippen MR) is 97.3 cm³/mol. The van der Waals surface area contributed by atoms with Crippen molar-refractivity contribution in [3.63, 3.8) is 0 Å². The van der Waals surface area contributed by atoms with E-state index in [0.29, 0.717) is 13.0 Å². The molecular weight excluding hydrogens is 308 g/mol. The number of ether oxygens (including phenoxy) is 1. The highest BCUT2D eigenvalue weighted by Crippen LogP contribution is 2.39. The molecule has 0 saturated heterocycles. The minimum atomic E-state index is -0.368. The van der Waals surface area contributed by atoms with E-state index < -0.39 is 0 Å². The van der Waals surface area contributed by atoms with Crippen LogP contribution in [0.25, 0.3) is 0 Å². The highest BCUT2D eigenvalue weighted by Gasteiger charge is 2.41. The molecule has 1 aromatic rings. The van der Waals surface area contributed by atoms with Crippen molar-refractivity contribution < 1.29 is 9.84 Å². The molecule has 0 radical (unpaired) electrons. The molecule has 3 heteroatoms. The summed E-state index contributed by atoms with van der Waals surface area (Å²) in [5.41, 5.74) is 2.39. The van der Waals surface area contributed by atoms with Crippen molar-refractivity contribution in [1.29, 1.82) is 0 Å². The maximum Gasteiger partial charge on any atom is 0.119 e. The van der Waals surface area contributed by atoms with Crippen molar-refractivity contribution in [2.45, 2.75) is 57.9 Å². The van der Waals surface area contributed by atoms with Crippen LogP contribution in [-0.4, -0.2) is 23.2 Å². The Morgan fingerprint density at radius 1 is 1.17 bits per heavy atom. The van der Waals surface area contributed by atoms with Crippen LogP contribution in [0.5, 0.6) is 5.75 Å². The van der Waals surface area contributed by atoms with E-state index in [9.17, 15) is 5.11 Å². The zero-order valence-corrected chi connectivity index (χ0v) is 15.2. The fourth-order valence-corrected chi connectivity index (χ4v) is 3.91. The Bertz CT molecular complexity index is 506. The summed E-state index contributed by atoms with van der Waals surface area (Å²) in [4.78, 5) is 0. The Hall–Kier alpha value is -0.990. The maximum atomic E-state index is 10.3. The summed E-state index contributed by atoms with van der Waals surface area (Å²) in [7, 11) is 0. The fraction of sp³-hybridized carbons (Fsp3) is 0.600. The van der Waals surface area contributed by atoms with Crippen LogP contribution in [0.3, 0.4) is 0 Å². The lowest BCUT2D eigenvalue weighted by molar-refractivity contribution is 0.0807. The van der Waals surface area contributed by atoms with Gasteiger partial charge in [0, 0.05) is 11.3 Å². The lowest BCUT2D eigenvalue weighted by atomic mass is 9.92. The number of benzene rings is 1. The number of halogens is 1. The number of hydrogen-bond donors (Lipinski definition) is 1. The molecular formula is C20H29ClO2. The van der Waals surface area contributed by atoms with Gasteiger partial charge in [-0.25, -0.2) is 0 Å². The number of aliphatic hydroxyl groups is 1. The van der Waals surface area contributed by atoms with Crippen LogP contribution in [0.1, 0.15) is 43.7 Å². The highest BCUT2D eigenvalue weighted by molar-refractivity contribution is 6.21. The number of aliphatic hydroxyl groups excluding tert-OH is 1. The van der Waals surface area contributed by atoms with Gasteiger partial charge in [-0.2, -0.15) is 0 Å². The van der Waals surface area contributed by atoms with Gasteiger partial charge in [0.1, 0.15) is 5.75 Å². The second-order valence-corrected chi connectivity index (χ2v) is 7.34.